The number of rotatable bonds is 5. The highest BCUT2D eigenvalue weighted by Gasteiger charge is 2.22. The van der Waals surface area contributed by atoms with Crippen LogP contribution in [0.2, 0.25) is 0 Å². The van der Waals surface area contributed by atoms with E-state index in [1.807, 2.05) is 20.8 Å². The highest BCUT2D eigenvalue weighted by Crippen LogP contribution is 2.16. The summed E-state index contributed by atoms with van der Waals surface area (Å²) in [5.74, 6) is 0.564. The number of carbonyl (C=O) groups excluding carboxylic acids is 1. The Morgan fingerprint density at radius 1 is 1.29 bits per heavy atom. The van der Waals surface area contributed by atoms with E-state index in [2.05, 4.69) is 13.8 Å². The molecule has 1 atom stereocenters. The van der Waals surface area contributed by atoms with Gasteiger partial charge in [0.15, 0.2) is 0 Å². The van der Waals surface area contributed by atoms with Crippen LogP contribution >= 0.6 is 0 Å². The first-order chi connectivity index (χ1) is 6.38. The molecule has 84 valence electrons. The minimum absolute atomic E-state index is 0.0961. The van der Waals surface area contributed by atoms with Gasteiger partial charge in [-0.2, -0.15) is 0 Å². The Bertz CT molecular complexity index is 168. The molecule has 0 aliphatic rings. The van der Waals surface area contributed by atoms with E-state index >= 15 is 0 Å². The zero-order valence-electron chi connectivity index (χ0n) is 10.2. The van der Waals surface area contributed by atoms with Gasteiger partial charge in [-0.05, 0) is 33.1 Å². The van der Waals surface area contributed by atoms with Crippen LogP contribution in [0.25, 0.3) is 0 Å². The van der Waals surface area contributed by atoms with E-state index in [0.29, 0.717) is 12.5 Å². The fourth-order valence-electron chi connectivity index (χ4n) is 1.21. The first-order valence-electron chi connectivity index (χ1n) is 5.55. The third-order valence-corrected chi connectivity index (χ3v) is 2.24. The number of hydrogen-bond donors (Lipinski definition) is 0. The second kappa shape index (κ2) is 6.05. The number of esters is 1. The molecule has 0 radical (unpaired) electrons. The Hall–Kier alpha value is -0.530. The van der Waals surface area contributed by atoms with E-state index in [1.165, 1.54) is 12.8 Å². The summed E-state index contributed by atoms with van der Waals surface area (Å²) in [5, 5.41) is 0. The Labute approximate surface area is 88.0 Å². The lowest BCUT2D eigenvalue weighted by Gasteiger charge is -2.17. The van der Waals surface area contributed by atoms with Crippen molar-refractivity contribution in [1.29, 1.82) is 0 Å². The minimum atomic E-state index is -0.367. The highest BCUT2D eigenvalue weighted by molar-refractivity contribution is 5.75. The topological polar surface area (TPSA) is 26.3 Å². The fraction of sp³-hybridized carbons (Fsp3) is 0.917. The van der Waals surface area contributed by atoms with Gasteiger partial charge in [-0.15, -0.1) is 0 Å². The zero-order chi connectivity index (χ0) is 11.2. The summed E-state index contributed by atoms with van der Waals surface area (Å²) in [5.41, 5.74) is -0.367. The molecule has 1 unspecified atom stereocenters. The van der Waals surface area contributed by atoms with Crippen molar-refractivity contribution in [3.8, 4) is 0 Å². The third-order valence-electron chi connectivity index (χ3n) is 2.24. The van der Waals surface area contributed by atoms with Gasteiger partial charge >= 0.3 is 5.97 Å². The molecule has 0 fully saturated rings. The third kappa shape index (κ3) is 6.01. The Morgan fingerprint density at radius 3 is 2.29 bits per heavy atom. The zero-order valence-corrected chi connectivity index (χ0v) is 10.2. The van der Waals surface area contributed by atoms with Crippen molar-refractivity contribution in [3.05, 3.63) is 0 Å². The van der Waals surface area contributed by atoms with Gasteiger partial charge in [-0.3, -0.25) is 4.79 Å². The van der Waals surface area contributed by atoms with Crippen molar-refractivity contribution >= 4 is 5.97 Å². The molecule has 0 heterocycles. The molecule has 0 rings (SSSR count). The van der Waals surface area contributed by atoms with Crippen LogP contribution in [0.4, 0.5) is 0 Å². The van der Waals surface area contributed by atoms with E-state index in [1.54, 1.807) is 0 Å². The number of ether oxygens (including phenoxy) is 1. The number of hydrogen-bond acceptors (Lipinski definition) is 2. The summed E-state index contributed by atoms with van der Waals surface area (Å²) in [7, 11) is 0. The predicted octanol–water partition coefficient (Wildman–Crippen LogP) is 3.40. The Kier molecular flexibility index (Phi) is 5.82. The Morgan fingerprint density at radius 2 is 1.86 bits per heavy atom. The quantitative estimate of drug-likeness (QED) is 0.636. The molecular weight excluding hydrogens is 176 g/mol. The van der Waals surface area contributed by atoms with Crippen molar-refractivity contribution in [2.24, 2.45) is 11.3 Å². The standard InChI is InChI=1S/C12H24O2/c1-6-7-10(2)8-9-14-11(13)12(3,4)5/h10H,6-9H2,1-5H3. The maximum atomic E-state index is 11.4. The monoisotopic (exact) mass is 200 g/mol. The SMILES string of the molecule is CCCC(C)CCOC(=O)C(C)(C)C. The van der Waals surface area contributed by atoms with Crippen LogP contribution in [0, 0.1) is 11.3 Å². The van der Waals surface area contributed by atoms with Crippen LogP contribution in [0.3, 0.4) is 0 Å². The summed E-state index contributed by atoms with van der Waals surface area (Å²) in [6, 6.07) is 0. The van der Waals surface area contributed by atoms with Gasteiger partial charge in [0.2, 0.25) is 0 Å². The molecule has 14 heavy (non-hydrogen) atoms. The summed E-state index contributed by atoms with van der Waals surface area (Å²) in [6.07, 6.45) is 3.40. The van der Waals surface area contributed by atoms with Crippen molar-refractivity contribution in [1.82, 2.24) is 0 Å². The average Bonchev–Trinajstić information content (AvgIpc) is 2.02. The first-order valence-corrected chi connectivity index (χ1v) is 5.55. The maximum absolute atomic E-state index is 11.4. The molecule has 0 aromatic rings. The van der Waals surface area contributed by atoms with E-state index < -0.39 is 0 Å². The van der Waals surface area contributed by atoms with Gasteiger partial charge in [-0.1, -0.05) is 26.7 Å². The lowest BCUT2D eigenvalue weighted by molar-refractivity contribution is -0.153. The second-order valence-electron chi connectivity index (χ2n) is 5.07. The summed E-state index contributed by atoms with van der Waals surface area (Å²) < 4.78 is 5.18. The molecule has 0 saturated heterocycles. The van der Waals surface area contributed by atoms with Crippen LogP contribution < -0.4 is 0 Å². The van der Waals surface area contributed by atoms with Crippen LogP contribution in [0.15, 0.2) is 0 Å². The van der Waals surface area contributed by atoms with Gasteiger partial charge in [0.1, 0.15) is 0 Å². The average molecular weight is 200 g/mol. The molecule has 0 amide bonds. The predicted molar refractivity (Wildman–Crippen MR) is 59.1 cm³/mol. The lowest BCUT2D eigenvalue weighted by atomic mass is 9.97. The van der Waals surface area contributed by atoms with Crippen molar-refractivity contribution in [2.45, 2.75) is 53.9 Å². The van der Waals surface area contributed by atoms with Crippen LogP contribution in [-0.4, -0.2) is 12.6 Å². The minimum Gasteiger partial charge on any atom is -0.465 e. The maximum Gasteiger partial charge on any atom is 0.311 e. The van der Waals surface area contributed by atoms with Crippen molar-refractivity contribution in [2.75, 3.05) is 6.61 Å². The van der Waals surface area contributed by atoms with E-state index in [0.717, 1.165) is 6.42 Å². The molecule has 0 N–H and O–H groups in total. The normalized spacial score (nSPS) is 13.8. The van der Waals surface area contributed by atoms with Crippen molar-refractivity contribution in [3.63, 3.8) is 0 Å². The second-order valence-corrected chi connectivity index (χ2v) is 5.07. The van der Waals surface area contributed by atoms with Crippen LogP contribution in [0.5, 0.6) is 0 Å². The van der Waals surface area contributed by atoms with Crippen molar-refractivity contribution < 1.29 is 9.53 Å². The summed E-state index contributed by atoms with van der Waals surface area (Å²) in [6.45, 7) is 10.6. The van der Waals surface area contributed by atoms with E-state index in [-0.39, 0.29) is 11.4 Å². The summed E-state index contributed by atoms with van der Waals surface area (Å²) in [4.78, 5) is 11.4. The molecular formula is C12H24O2. The van der Waals surface area contributed by atoms with Crippen LogP contribution in [0.1, 0.15) is 53.9 Å². The molecule has 0 aliphatic heterocycles. The van der Waals surface area contributed by atoms with Gasteiger partial charge in [0, 0.05) is 0 Å². The van der Waals surface area contributed by atoms with E-state index in [4.69, 9.17) is 4.74 Å². The molecule has 2 nitrogen and oxygen atoms in total. The highest BCUT2D eigenvalue weighted by atomic mass is 16.5. The molecule has 0 bridgehead atoms. The van der Waals surface area contributed by atoms with Gasteiger partial charge in [-0.25, -0.2) is 0 Å². The molecule has 2 heteroatoms. The van der Waals surface area contributed by atoms with Crippen LogP contribution in [-0.2, 0) is 9.53 Å². The molecule has 0 saturated carbocycles. The first kappa shape index (κ1) is 13.5. The largest absolute Gasteiger partial charge is 0.465 e. The molecule has 0 aromatic carbocycles. The summed E-state index contributed by atoms with van der Waals surface area (Å²) >= 11 is 0. The molecule has 0 aliphatic carbocycles. The van der Waals surface area contributed by atoms with Gasteiger partial charge < -0.3 is 4.74 Å². The number of carbonyl (C=O) groups is 1. The molecule has 0 aromatic heterocycles. The van der Waals surface area contributed by atoms with Gasteiger partial charge in [0.25, 0.3) is 0 Å². The smallest absolute Gasteiger partial charge is 0.311 e. The Balaban J connectivity index is 3.59. The fourth-order valence-corrected chi connectivity index (χ4v) is 1.21. The molecule has 0 spiro atoms. The lowest BCUT2D eigenvalue weighted by Crippen LogP contribution is -2.23. The van der Waals surface area contributed by atoms with Gasteiger partial charge in [0.05, 0.1) is 12.0 Å². The van der Waals surface area contributed by atoms with E-state index in [9.17, 15) is 4.79 Å².